The topological polar surface area (TPSA) is 35.5 Å². The highest BCUT2D eigenvalue weighted by Gasteiger charge is 2.15. The molecule has 0 bridgehead atoms. The van der Waals surface area contributed by atoms with Gasteiger partial charge in [-0.2, -0.15) is 0 Å². The molecule has 0 unspecified atom stereocenters. The summed E-state index contributed by atoms with van der Waals surface area (Å²) in [7, 11) is 1.37. The van der Waals surface area contributed by atoms with Crippen LogP contribution in [0, 0.1) is 0 Å². The van der Waals surface area contributed by atoms with Crippen molar-refractivity contribution < 1.29 is 14.3 Å². The Balaban J connectivity index is 2.49. The molecule has 0 atom stereocenters. The predicted molar refractivity (Wildman–Crippen MR) is 79.4 cm³/mol. The SMILES string of the molecule is COC(=O)c1ccccc1-c1ccccc1OCCCl. The highest BCUT2D eigenvalue weighted by Crippen LogP contribution is 2.32. The first kappa shape index (κ1) is 14.4. The maximum atomic E-state index is 11.8. The van der Waals surface area contributed by atoms with E-state index in [1.54, 1.807) is 12.1 Å². The Morgan fingerprint density at radius 3 is 2.40 bits per heavy atom. The number of benzene rings is 2. The molecule has 2 aromatic rings. The molecule has 2 aromatic carbocycles. The third-order valence-corrected chi connectivity index (χ3v) is 3.00. The fraction of sp³-hybridized carbons (Fsp3) is 0.188. The van der Waals surface area contributed by atoms with Crippen molar-refractivity contribution in [2.45, 2.75) is 0 Å². The Morgan fingerprint density at radius 1 is 1.05 bits per heavy atom. The summed E-state index contributed by atoms with van der Waals surface area (Å²) in [4.78, 5) is 11.8. The number of halogens is 1. The van der Waals surface area contributed by atoms with Crippen LogP contribution < -0.4 is 4.74 Å². The van der Waals surface area contributed by atoms with Crippen LogP contribution in [0.15, 0.2) is 48.5 Å². The van der Waals surface area contributed by atoms with Gasteiger partial charge in [-0.1, -0.05) is 36.4 Å². The normalized spacial score (nSPS) is 10.1. The van der Waals surface area contributed by atoms with Crippen molar-refractivity contribution in [3.63, 3.8) is 0 Å². The number of alkyl halides is 1. The Morgan fingerprint density at radius 2 is 1.70 bits per heavy atom. The van der Waals surface area contributed by atoms with E-state index in [2.05, 4.69) is 0 Å². The van der Waals surface area contributed by atoms with E-state index in [0.29, 0.717) is 23.8 Å². The first-order valence-electron chi connectivity index (χ1n) is 6.23. The van der Waals surface area contributed by atoms with Crippen LogP contribution in [0.2, 0.25) is 0 Å². The van der Waals surface area contributed by atoms with Crippen LogP contribution >= 0.6 is 11.6 Å². The lowest BCUT2D eigenvalue weighted by molar-refractivity contribution is 0.0601. The summed E-state index contributed by atoms with van der Waals surface area (Å²) in [6.07, 6.45) is 0. The molecule has 4 heteroatoms. The van der Waals surface area contributed by atoms with Crippen molar-refractivity contribution in [3.8, 4) is 16.9 Å². The van der Waals surface area contributed by atoms with Gasteiger partial charge in [-0.15, -0.1) is 11.6 Å². The summed E-state index contributed by atoms with van der Waals surface area (Å²) in [5, 5.41) is 0. The largest absolute Gasteiger partial charge is 0.492 e. The lowest BCUT2D eigenvalue weighted by Crippen LogP contribution is -2.05. The van der Waals surface area contributed by atoms with Gasteiger partial charge in [-0.05, 0) is 17.7 Å². The van der Waals surface area contributed by atoms with E-state index in [0.717, 1.165) is 11.1 Å². The van der Waals surface area contributed by atoms with Crippen molar-refractivity contribution >= 4 is 17.6 Å². The van der Waals surface area contributed by atoms with Gasteiger partial charge in [-0.25, -0.2) is 4.79 Å². The second-order valence-corrected chi connectivity index (χ2v) is 4.45. The average molecular weight is 291 g/mol. The number of carbonyl (C=O) groups excluding carboxylic acids is 1. The van der Waals surface area contributed by atoms with Gasteiger partial charge in [0.2, 0.25) is 0 Å². The van der Waals surface area contributed by atoms with Crippen molar-refractivity contribution in [2.75, 3.05) is 19.6 Å². The Labute approximate surface area is 123 Å². The molecule has 0 amide bonds. The van der Waals surface area contributed by atoms with Crippen molar-refractivity contribution in [1.82, 2.24) is 0 Å². The molecule has 0 spiro atoms. The maximum Gasteiger partial charge on any atom is 0.338 e. The number of carbonyl (C=O) groups is 1. The number of para-hydroxylation sites is 1. The molecule has 2 rings (SSSR count). The van der Waals surface area contributed by atoms with Crippen LogP contribution in [0.25, 0.3) is 11.1 Å². The fourth-order valence-electron chi connectivity index (χ4n) is 1.97. The highest BCUT2D eigenvalue weighted by atomic mass is 35.5. The molecule has 0 radical (unpaired) electrons. The lowest BCUT2D eigenvalue weighted by Gasteiger charge is -2.13. The minimum atomic E-state index is -0.368. The summed E-state index contributed by atoms with van der Waals surface area (Å²) in [5.41, 5.74) is 2.14. The first-order valence-corrected chi connectivity index (χ1v) is 6.77. The number of hydrogen-bond acceptors (Lipinski definition) is 3. The smallest absolute Gasteiger partial charge is 0.338 e. The standard InChI is InChI=1S/C16H15ClO3/c1-19-16(18)14-8-3-2-6-12(14)13-7-4-5-9-15(13)20-11-10-17/h2-9H,10-11H2,1H3. The quantitative estimate of drug-likeness (QED) is 0.621. The zero-order valence-corrected chi connectivity index (χ0v) is 11.9. The lowest BCUT2D eigenvalue weighted by atomic mass is 9.99. The van der Waals surface area contributed by atoms with E-state index in [9.17, 15) is 4.79 Å². The third-order valence-electron chi connectivity index (χ3n) is 2.84. The second-order valence-electron chi connectivity index (χ2n) is 4.07. The van der Waals surface area contributed by atoms with Crippen LogP contribution in [0.1, 0.15) is 10.4 Å². The van der Waals surface area contributed by atoms with E-state index in [4.69, 9.17) is 21.1 Å². The van der Waals surface area contributed by atoms with E-state index < -0.39 is 0 Å². The van der Waals surface area contributed by atoms with Gasteiger partial charge in [0.15, 0.2) is 0 Å². The molecule has 0 aromatic heterocycles. The van der Waals surface area contributed by atoms with Gasteiger partial charge in [0.05, 0.1) is 18.6 Å². The summed E-state index contributed by atoms with van der Waals surface area (Å²) >= 11 is 5.65. The van der Waals surface area contributed by atoms with Crippen LogP contribution in [0.3, 0.4) is 0 Å². The molecule has 0 aliphatic heterocycles. The van der Waals surface area contributed by atoms with Gasteiger partial charge in [0.1, 0.15) is 12.4 Å². The molecule has 20 heavy (non-hydrogen) atoms. The first-order chi connectivity index (χ1) is 9.77. The molecule has 0 saturated heterocycles. The van der Waals surface area contributed by atoms with Crippen molar-refractivity contribution in [1.29, 1.82) is 0 Å². The number of ether oxygens (including phenoxy) is 2. The Hall–Kier alpha value is -2.00. The van der Waals surface area contributed by atoms with Crippen LogP contribution in [0.4, 0.5) is 0 Å². The van der Waals surface area contributed by atoms with E-state index in [1.165, 1.54) is 7.11 Å². The minimum Gasteiger partial charge on any atom is -0.492 e. The molecular formula is C16H15ClO3. The Bertz CT molecular complexity index is 596. The molecular weight excluding hydrogens is 276 g/mol. The number of methoxy groups -OCH3 is 1. The summed E-state index contributed by atoms with van der Waals surface area (Å²) in [5.74, 6) is 0.740. The summed E-state index contributed by atoms with van der Waals surface area (Å²) < 4.78 is 10.4. The summed E-state index contributed by atoms with van der Waals surface area (Å²) in [6.45, 7) is 0.416. The monoisotopic (exact) mass is 290 g/mol. The van der Waals surface area contributed by atoms with Gasteiger partial charge in [0, 0.05) is 5.56 Å². The van der Waals surface area contributed by atoms with Gasteiger partial charge in [-0.3, -0.25) is 0 Å². The minimum absolute atomic E-state index is 0.368. The van der Waals surface area contributed by atoms with Gasteiger partial charge < -0.3 is 9.47 Å². The second kappa shape index (κ2) is 6.96. The number of esters is 1. The third kappa shape index (κ3) is 3.11. The molecule has 0 saturated carbocycles. The predicted octanol–water partition coefficient (Wildman–Crippen LogP) is 3.76. The van der Waals surface area contributed by atoms with E-state index >= 15 is 0 Å². The Kier molecular flexibility index (Phi) is 5.02. The van der Waals surface area contributed by atoms with Gasteiger partial charge in [0.25, 0.3) is 0 Å². The number of rotatable bonds is 5. The average Bonchev–Trinajstić information content (AvgIpc) is 2.52. The molecule has 0 fully saturated rings. The molecule has 0 aliphatic rings. The zero-order valence-electron chi connectivity index (χ0n) is 11.1. The highest BCUT2D eigenvalue weighted by molar-refractivity contribution is 6.18. The van der Waals surface area contributed by atoms with Crippen LogP contribution in [0.5, 0.6) is 5.75 Å². The van der Waals surface area contributed by atoms with Crippen molar-refractivity contribution in [2.24, 2.45) is 0 Å². The van der Waals surface area contributed by atoms with Gasteiger partial charge >= 0.3 is 5.97 Å². The molecule has 0 N–H and O–H groups in total. The van der Waals surface area contributed by atoms with Crippen molar-refractivity contribution in [3.05, 3.63) is 54.1 Å². The zero-order chi connectivity index (χ0) is 14.4. The summed E-state index contributed by atoms with van der Waals surface area (Å²) in [6, 6.07) is 14.8. The molecule has 0 heterocycles. The maximum absolute atomic E-state index is 11.8. The van der Waals surface area contributed by atoms with E-state index in [-0.39, 0.29) is 5.97 Å². The van der Waals surface area contributed by atoms with Crippen LogP contribution in [-0.4, -0.2) is 25.6 Å². The molecule has 0 aliphatic carbocycles. The molecule has 104 valence electrons. The van der Waals surface area contributed by atoms with Crippen LogP contribution in [-0.2, 0) is 4.74 Å². The van der Waals surface area contributed by atoms with E-state index in [1.807, 2.05) is 36.4 Å². The fourth-order valence-corrected chi connectivity index (χ4v) is 2.05. The number of hydrogen-bond donors (Lipinski definition) is 0. The molecule has 3 nitrogen and oxygen atoms in total.